The molecule has 2 aromatic carbocycles. The van der Waals surface area contributed by atoms with Crippen LogP contribution in [-0.4, -0.2) is 47.2 Å². The van der Waals surface area contributed by atoms with E-state index >= 15 is 0 Å². The Morgan fingerprint density at radius 2 is 1.54 bits per heavy atom. The monoisotopic (exact) mass is 504 g/mol. The van der Waals surface area contributed by atoms with Gasteiger partial charge in [0.1, 0.15) is 0 Å². The van der Waals surface area contributed by atoms with Crippen LogP contribution in [0.25, 0.3) is 11.3 Å². The van der Waals surface area contributed by atoms with Crippen LogP contribution in [0.1, 0.15) is 39.9 Å². The van der Waals surface area contributed by atoms with Gasteiger partial charge in [-0.3, -0.25) is 4.79 Å². The Kier molecular flexibility index (Phi) is 8.05. The molecule has 0 atom stereocenters. The lowest BCUT2D eigenvalue weighted by Gasteiger charge is -2.38. The number of benzene rings is 2. The fourth-order valence-corrected chi connectivity index (χ4v) is 4.50. The molecule has 0 radical (unpaired) electrons. The summed E-state index contributed by atoms with van der Waals surface area (Å²) in [5, 5.41) is 8.98. The number of carbonyl (C=O) groups excluding carboxylic acids is 1. The molecule has 1 aliphatic rings. The van der Waals surface area contributed by atoms with E-state index in [1.807, 2.05) is 44.2 Å². The Bertz CT molecular complexity index is 1180. The zero-order chi connectivity index (χ0) is 24.5. The maximum absolute atomic E-state index is 13.4. The molecule has 5 nitrogen and oxygen atoms in total. The zero-order valence-electron chi connectivity index (χ0n) is 19.8. The summed E-state index contributed by atoms with van der Waals surface area (Å²) < 4.78 is 40.1. The number of anilines is 1. The lowest BCUT2D eigenvalue weighted by Crippen LogP contribution is -2.46. The normalized spacial score (nSPS) is 14.4. The molecule has 1 aliphatic heterocycles. The first-order valence-corrected chi connectivity index (χ1v) is 11.3. The van der Waals surface area contributed by atoms with Crippen LogP contribution >= 0.6 is 12.4 Å². The second-order valence-electron chi connectivity index (χ2n) is 8.67. The van der Waals surface area contributed by atoms with Gasteiger partial charge in [-0.15, -0.1) is 22.6 Å². The van der Waals surface area contributed by atoms with E-state index in [2.05, 4.69) is 15.1 Å². The summed E-state index contributed by atoms with van der Waals surface area (Å²) in [6, 6.07) is 14.7. The maximum Gasteiger partial charge on any atom is 0.417 e. The average Bonchev–Trinajstić information content (AvgIpc) is 2.85. The Balaban J connectivity index is 0.00000342. The van der Waals surface area contributed by atoms with Gasteiger partial charge >= 0.3 is 6.18 Å². The van der Waals surface area contributed by atoms with Crippen molar-refractivity contribution in [1.82, 2.24) is 15.1 Å². The molecule has 0 spiro atoms. The molecule has 1 fully saturated rings. The van der Waals surface area contributed by atoms with Crippen molar-refractivity contribution in [1.29, 1.82) is 0 Å². The van der Waals surface area contributed by atoms with E-state index in [4.69, 9.17) is 0 Å². The summed E-state index contributed by atoms with van der Waals surface area (Å²) in [6.07, 6.45) is -3.30. The highest BCUT2D eigenvalue weighted by atomic mass is 35.5. The number of nitrogens with zero attached hydrogens (tertiary/aromatic N) is 4. The number of alkyl halides is 3. The van der Waals surface area contributed by atoms with E-state index in [9.17, 15) is 18.0 Å². The van der Waals surface area contributed by atoms with Gasteiger partial charge in [-0.05, 0) is 49.9 Å². The van der Waals surface area contributed by atoms with Crippen LogP contribution in [0.5, 0.6) is 0 Å². The highest BCUT2D eigenvalue weighted by Crippen LogP contribution is 2.33. The zero-order valence-corrected chi connectivity index (χ0v) is 20.7. The third kappa shape index (κ3) is 5.42. The number of halogens is 4. The SMILES string of the molecule is Cc1c(-c2ccccc2)nnc(N2CCC(N(C)C(=O)c3ccccc3C(F)(F)F)CC2)c1C.Cl. The van der Waals surface area contributed by atoms with Gasteiger partial charge in [0.25, 0.3) is 5.91 Å². The van der Waals surface area contributed by atoms with Gasteiger partial charge in [-0.1, -0.05) is 42.5 Å². The van der Waals surface area contributed by atoms with Gasteiger partial charge in [-0.25, -0.2) is 0 Å². The average molecular weight is 505 g/mol. The van der Waals surface area contributed by atoms with Gasteiger partial charge < -0.3 is 9.80 Å². The van der Waals surface area contributed by atoms with Crippen LogP contribution in [0.4, 0.5) is 19.0 Å². The Morgan fingerprint density at radius 3 is 2.17 bits per heavy atom. The van der Waals surface area contributed by atoms with Gasteiger partial charge in [0, 0.05) is 31.7 Å². The van der Waals surface area contributed by atoms with Gasteiger partial charge in [0.15, 0.2) is 5.82 Å². The topological polar surface area (TPSA) is 49.3 Å². The number of amides is 1. The Hall–Kier alpha value is -3.13. The van der Waals surface area contributed by atoms with Crippen LogP contribution in [0.2, 0.25) is 0 Å². The predicted octanol–water partition coefficient (Wildman–Crippen LogP) is 5.94. The molecule has 9 heteroatoms. The van der Waals surface area contributed by atoms with Crippen LogP contribution in [-0.2, 0) is 6.18 Å². The minimum Gasteiger partial charge on any atom is -0.355 e. The molecule has 3 aromatic rings. The molecule has 0 aliphatic carbocycles. The molecule has 0 N–H and O–H groups in total. The summed E-state index contributed by atoms with van der Waals surface area (Å²) in [6.45, 7) is 5.35. The summed E-state index contributed by atoms with van der Waals surface area (Å²) in [7, 11) is 1.58. The molecule has 1 amide bonds. The van der Waals surface area contributed by atoms with Crippen molar-refractivity contribution in [3.05, 3.63) is 76.9 Å². The third-order valence-electron chi connectivity index (χ3n) is 6.64. The molecule has 0 saturated carbocycles. The van der Waals surface area contributed by atoms with Crippen molar-refractivity contribution >= 4 is 24.1 Å². The molecule has 0 bridgehead atoms. The lowest BCUT2D eigenvalue weighted by molar-refractivity contribution is -0.138. The Morgan fingerprint density at radius 1 is 0.943 bits per heavy atom. The molecular formula is C26H28ClF3N4O. The molecule has 1 saturated heterocycles. The molecule has 1 aromatic heterocycles. The fraction of sp³-hybridized carbons (Fsp3) is 0.346. The van der Waals surface area contributed by atoms with E-state index in [0.717, 1.165) is 34.3 Å². The second kappa shape index (κ2) is 10.6. The summed E-state index contributed by atoms with van der Waals surface area (Å²) >= 11 is 0. The fourth-order valence-electron chi connectivity index (χ4n) is 4.50. The molecule has 4 rings (SSSR count). The molecule has 2 heterocycles. The number of hydrogen-bond donors (Lipinski definition) is 0. The van der Waals surface area contributed by atoms with Crippen molar-refractivity contribution in [2.45, 2.75) is 38.9 Å². The van der Waals surface area contributed by atoms with Crippen molar-refractivity contribution in [3.8, 4) is 11.3 Å². The van der Waals surface area contributed by atoms with Crippen LogP contribution in [0, 0.1) is 13.8 Å². The van der Waals surface area contributed by atoms with Gasteiger partial charge in [0.2, 0.25) is 0 Å². The van der Waals surface area contributed by atoms with Crippen LogP contribution < -0.4 is 4.90 Å². The van der Waals surface area contributed by atoms with E-state index in [-0.39, 0.29) is 24.0 Å². The molecule has 186 valence electrons. The molecular weight excluding hydrogens is 477 g/mol. The van der Waals surface area contributed by atoms with E-state index in [0.29, 0.717) is 25.9 Å². The van der Waals surface area contributed by atoms with Crippen LogP contribution in [0.15, 0.2) is 54.6 Å². The smallest absolute Gasteiger partial charge is 0.355 e. The molecule has 0 unspecified atom stereocenters. The standard InChI is InChI=1S/C26H27F3N4O.ClH/c1-17-18(2)24(31-30-23(17)19-9-5-4-6-10-19)33-15-13-20(14-16-33)32(3)25(34)21-11-7-8-12-22(21)26(27,28)29;/h4-12,20H,13-16H2,1-3H3;1H. The highest BCUT2D eigenvalue weighted by Gasteiger charge is 2.37. The maximum atomic E-state index is 13.4. The number of piperidine rings is 1. The van der Waals surface area contributed by atoms with Crippen molar-refractivity contribution in [2.75, 3.05) is 25.0 Å². The van der Waals surface area contributed by atoms with E-state index in [1.54, 1.807) is 7.05 Å². The van der Waals surface area contributed by atoms with E-state index in [1.165, 1.54) is 23.1 Å². The van der Waals surface area contributed by atoms with Crippen molar-refractivity contribution < 1.29 is 18.0 Å². The summed E-state index contributed by atoms with van der Waals surface area (Å²) in [4.78, 5) is 16.5. The van der Waals surface area contributed by atoms with Crippen LogP contribution in [0.3, 0.4) is 0 Å². The quantitative estimate of drug-likeness (QED) is 0.441. The minimum absolute atomic E-state index is 0. The first-order chi connectivity index (χ1) is 16.2. The Labute approximate surface area is 209 Å². The number of hydrogen-bond acceptors (Lipinski definition) is 4. The minimum atomic E-state index is -4.57. The van der Waals surface area contributed by atoms with Crippen molar-refractivity contribution in [3.63, 3.8) is 0 Å². The summed E-state index contributed by atoms with van der Waals surface area (Å²) in [5.41, 5.74) is 2.77. The summed E-state index contributed by atoms with van der Waals surface area (Å²) in [5.74, 6) is 0.206. The van der Waals surface area contributed by atoms with Crippen molar-refractivity contribution in [2.24, 2.45) is 0 Å². The second-order valence-corrected chi connectivity index (χ2v) is 8.67. The number of carbonyl (C=O) groups is 1. The first kappa shape index (κ1) is 26.5. The van der Waals surface area contributed by atoms with Gasteiger partial charge in [0.05, 0.1) is 16.8 Å². The third-order valence-corrected chi connectivity index (χ3v) is 6.64. The molecule has 35 heavy (non-hydrogen) atoms. The number of aromatic nitrogens is 2. The highest BCUT2D eigenvalue weighted by molar-refractivity contribution is 5.96. The largest absolute Gasteiger partial charge is 0.417 e. The first-order valence-electron chi connectivity index (χ1n) is 11.3. The van der Waals surface area contributed by atoms with E-state index < -0.39 is 17.6 Å². The number of rotatable bonds is 4. The predicted molar refractivity (Wildman–Crippen MR) is 133 cm³/mol. The van der Waals surface area contributed by atoms with Gasteiger partial charge in [-0.2, -0.15) is 13.2 Å². The lowest BCUT2D eigenvalue weighted by atomic mass is 9.99.